The number of rotatable bonds is 4. The summed E-state index contributed by atoms with van der Waals surface area (Å²) >= 11 is 0. The van der Waals surface area contributed by atoms with Gasteiger partial charge in [0, 0.05) is 17.0 Å². The van der Waals surface area contributed by atoms with Crippen LogP contribution in [0.1, 0.15) is 45.2 Å². The summed E-state index contributed by atoms with van der Waals surface area (Å²) in [6.07, 6.45) is -1.69. The molecule has 0 aliphatic rings. The Morgan fingerprint density at radius 3 is 2.38 bits per heavy atom. The Bertz CT molecular complexity index is 813. The van der Waals surface area contributed by atoms with Gasteiger partial charge in [0.1, 0.15) is 0 Å². The van der Waals surface area contributed by atoms with Crippen LogP contribution in [0.3, 0.4) is 0 Å². The highest BCUT2D eigenvalue weighted by molar-refractivity contribution is 5.86. The molecule has 0 aliphatic heterocycles. The Hall–Kier alpha value is -2.04. The van der Waals surface area contributed by atoms with E-state index in [-0.39, 0.29) is 10.9 Å². The van der Waals surface area contributed by atoms with Crippen molar-refractivity contribution in [1.82, 2.24) is 4.98 Å². The van der Waals surface area contributed by atoms with Crippen molar-refractivity contribution in [1.29, 1.82) is 0 Å². The van der Waals surface area contributed by atoms with Gasteiger partial charge < -0.3 is 4.98 Å². The monoisotopic (exact) mass is 337 g/mol. The van der Waals surface area contributed by atoms with E-state index in [4.69, 9.17) is 0 Å². The third-order valence-electron chi connectivity index (χ3n) is 3.68. The Labute approximate surface area is 139 Å². The van der Waals surface area contributed by atoms with Crippen molar-refractivity contribution in [2.24, 2.45) is 11.8 Å². The lowest BCUT2D eigenvalue weighted by molar-refractivity contribution is -0.136. The highest BCUT2D eigenvalue weighted by Gasteiger charge is 2.33. The molecule has 2 aromatic rings. The Morgan fingerprint density at radius 2 is 1.83 bits per heavy atom. The largest absolute Gasteiger partial charge is 0.417 e. The topological polar surface area (TPSA) is 32.9 Å². The molecule has 130 valence electrons. The minimum Gasteiger partial charge on any atom is -0.322 e. The summed E-state index contributed by atoms with van der Waals surface area (Å²) in [5, 5.41) is 0.0259. The number of aromatic amines is 1. The predicted molar refractivity (Wildman–Crippen MR) is 91.8 cm³/mol. The molecule has 0 radical (unpaired) electrons. The number of hydrogen-bond donors (Lipinski definition) is 1. The van der Waals surface area contributed by atoms with Gasteiger partial charge in [0.2, 0.25) is 5.56 Å². The molecule has 0 atom stereocenters. The molecular formula is C19H22F3NO. The van der Waals surface area contributed by atoms with Crippen molar-refractivity contribution < 1.29 is 13.2 Å². The second-order valence-corrected chi connectivity index (χ2v) is 6.84. The first-order valence-corrected chi connectivity index (χ1v) is 8.03. The molecule has 1 aromatic carbocycles. The highest BCUT2D eigenvalue weighted by Crippen LogP contribution is 2.35. The molecule has 0 amide bonds. The van der Waals surface area contributed by atoms with Crippen LogP contribution < -0.4 is 5.56 Å². The van der Waals surface area contributed by atoms with Crippen LogP contribution in [0.5, 0.6) is 0 Å². The summed E-state index contributed by atoms with van der Waals surface area (Å²) in [4.78, 5) is 14.0. The Balaban J connectivity index is 2.69. The van der Waals surface area contributed by atoms with Crippen LogP contribution in [0.25, 0.3) is 16.5 Å². The molecule has 0 fully saturated rings. The van der Waals surface area contributed by atoms with Gasteiger partial charge in [0.05, 0.1) is 5.56 Å². The summed E-state index contributed by atoms with van der Waals surface area (Å²) < 4.78 is 39.9. The van der Waals surface area contributed by atoms with Crippen molar-refractivity contribution in [2.45, 2.75) is 40.3 Å². The van der Waals surface area contributed by atoms with Gasteiger partial charge in [-0.25, -0.2) is 0 Å². The Kier molecular flexibility index (Phi) is 5.21. The molecule has 0 saturated heterocycles. The summed E-state index contributed by atoms with van der Waals surface area (Å²) in [6, 6.07) is 5.48. The maximum atomic E-state index is 13.3. The maximum Gasteiger partial charge on any atom is 0.417 e. The molecule has 0 bridgehead atoms. The van der Waals surface area contributed by atoms with Crippen LogP contribution in [0.2, 0.25) is 0 Å². The molecule has 2 rings (SSSR count). The van der Waals surface area contributed by atoms with Crippen molar-refractivity contribution in [3.63, 3.8) is 0 Å². The van der Waals surface area contributed by atoms with Gasteiger partial charge in [-0.1, -0.05) is 39.8 Å². The second-order valence-electron chi connectivity index (χ2n) is 6.84. The Morgan fingerprint density at radius 1 is 1.17 bits per heavy atom. The maximum absolute atomic E-state index is 13.3. The van der Waals surface area contributed by atoms with Crippen LogP contribution in [0.15, 0.2) is 35.1 Å². The standard InChI is InChI=1S/C19H22F3NO/c1-11(2)7-14(8-12(3)4)13-5-6-17-15(9-13)16(19(20,21)22)10-18(24)23-17/h5-7,9-12H,8H2,1-4H3,(H,23,24)/b14-7-. The lowest BCUT2D eigenvalue weighted by atomic mass is 9.92. The predicted octanol–water partition coefficient (Wildman–Crippen LogP) is 5.63. The lowest BCUT2D eigenvalue weighted by Crippen LogP contribution is -2.14. The SMILES string of the molecule is CC(C)/C=C(/CC(C)C)c1ccc2[nH]c(=O)cc(C(F)(F)F)c2c1. The first-order valence-electron chi connectivity index (χ1n) is 8.03. The number of aromatic nitrogens is 1. The van der Waals surface area contributed by atoms with Crippen molar-refractivity contribution in [3.8, 4) is 0 Å². The van der Waals surface area contributed by atoms with E-state index < -0.39 is 17.3 Å². The zero-order chi connectivity index (χ0) is 18.1. The molecule has 1 aromatic heterocycles. The van der Waals surface area contributed by atoms with Gasteiger partial charge in [-0.05, 0) is 41.5 Å². The average Bonchev–Trinajstić information content (AvgIpc) is 2.43. The lowest BCUT2D eigenvalue weighted by Gasteiger charge is -2.15. The van der Waals surface area contributed by atoms with Gasteiger partial charge in [-0.15, -0.1) is 0 Å². The molecule has 1 N–H and O–H groups in total. The number of fused-ring (bicyclic) bond motifs is 1. The minimum absolute atomic E-state index is 0.0259. The van der Waals surface area contributed by atoms with Crippen molar-refractivity contribution in [3.05, 3.63) is 51.8 Å². The number of alkyl halides is 3. The van der Waals surface area contributed by atoms with Crippen LogP contribution in [-0.2, 0) is 6.18 Å². The van der Waals surface area contributed by atoms with E-state index >= 15 is 0 Å². The molecule has 2 nitrogen and oxygen atoms in total. The summed E-state index contributed by atoms with van der Waals surface area (Å²) in [7, 11) is 0. The van der Waals surface area contributed by atoms with Crippen LogP contribution in [0.4, 0.5) is 13.2 Å². The second kappa shape index (κ2) is 6.83. The van der Waals surface area contributed by atoms with E-state index in [1.165, 1.54) is 6.07 Å². The normalized spacial score (nSPS) is 13.3. The average molecular weight is 337 g/mol. The molecular weight excluding hydrogens is 315 g/mol. The molecule has 0 unspecified atom stereocenters. The summed E-state index contributed by atoms with van der Waals surface area (Å²) in [6.45, 7) is 8.24. The number of halogens is 3. The number of nitrogens with one attached hydrogen (secondary N) is 1. The fraction of sp³-hybridized carbons (Fsp3) is 0.421. The molecule has 0 spiro atoms. The van der Waals surface area contributed by atoms with E-state index in [0.29, 0.717) is 17.9 Å². The first-order chi connectivity index (χ1) is 11.1. The first kappa shape index (κ1) is 18.3. The van der Waals surface area contributed by atoms with E-state index in [1.807, 2.05) is 13.8 Å². The highest BCUT2D eigenvalue weighted by atomic mass is 19.4. The van der Waals surface area contributed by atoms with Crippen molar-refractivity contribution in [2.75, 3.05) is 0 Å². The summed E-state index contributed by atoms with van der Waals surface area (Å²) in [5.74, 6) is 0.690. The fourth-order valence-electron chi connectivity index (χ4n) is 2.81. The van der Waals surface area contributed by atoms with Gasteiger partial charge in [0.25, 0.3) is 0 Å². The van der Waals surface area contributed by atoms with Gasteiger partial charge >= 0.3 is 6.18 Å². The third-order valence-corrected chi connectivity index (χ3v) is 3.68. The molecule has 0 aliphatic carbocycles. The quantitative estimate of drug-likeness (QED) is 0.770. The zero-order valence-corrected chi connectivity index (χ0v) is 14.3. The number of hydrogen-bond acceptors (Lipinski definition) is 1. The number of benzene rings is 1. The minimum atomic E-state index is -4.56. The third kappa shape index (κ3) is 4.28. The van der Waals surface area contributed by atoms with Gasteiger partial charge in [-0.2, -0.15) is 13.2 Å². The van der Waals surface area contributed by atoms with Crippen molar-refractivity contribution >= 4 is 16.5 Å². The fourth-order valence-corrected chi connectivity index (χ4v) is 2.81. The van der Waals surface area contributed by atoms with E-state index in [9.17, 15) is 18.0 Å². The van der Waals surface area contributed by atoms with Gasteiger partial charge in [0.15, 0.2) is 0 Å². The molecule has 0 saturated carbocycles. The zero-order valence-electron chi connectivity index (χ0n) is 14.3. The smallest absolute Gasteiger partial charge is 0.322 e. The molecule has 5 heteroatoms. The van der Waals surface area contributed by atoms with Crippen LogP contribution >= 0.6 is 0 Å². The number of pyridine rings is 1. The number of H-pyrrole nitrogens is 1. The van der Waals surface area contributed by atoms with E-state index in [2.05, 4.69) is 24.9 Å². The molecule has 1 heterocycles. The van der Waals surface area contributed by atoms with Crippen LogP contribution in [0, 0.1) is 11.8 Å². The van der Waals surface area contributed by atoms with E-state index in [0.717, 1.165) is 17.6 Å². The van der Waals surface area contributed by atoms with E-state index in [1.54, 1.807) is 12.1 Å². The summed E-state index contributed by atoms with van der Waals surface area (Å²) in [5.41, 5.74) is 0.356. The molecule has 24 heavy (non-hydrogen) atoms. The van der Waals surface area contributed by atoms with Crippen LogP contribution in [-0.4, -0.2) is 4.98 Å². The van der Waals surface area contributed by atoms with Gasteiger partial charge in [-0.3, -0.25) is 4.79 Å². The number of allylic oxidation sites excluding steroid dienone is 2.